The van der Waals surface area contributed by atoms with Gasteiger partial charge in [0.25, 0.3) is 11.5 Å². The van der Waals surface area contributed by atoms with Crippen molar-refractivity contribution in [3.8, 4) is 5.75 Å². The molecule has 0 bridgehead atoms. The van der Waals surface area contributed by atoms with E-state index in [0.717, 1.165) is 11.3 Å². The van der Waals surface area contributed by atoms with Crippen LogP contribution in [0.25, 0.3) is 5.65 Å². The Balaban J connectivity index is 1.67. The van der Waals surface area contributed by atoms with Gasteiger partial charge in [0.05, 0.1) is 19.3 Å². The van der Waals surface area contributed by atoms with E-state index in [1.165, 1.54) is 4.52 Å². The zero-order valence-electron chi connectivity index (χ0n) is 14.1. The normalized spacial score (nSPS) is 13.8. The van der Waals surface area contributed by atoms with Gasteiger partial charge in [-0.3, -0.25) is 14.7 Å². The van der Waals surface area contributed by atoms with E-state index in [4.69, 9.17) is 4.74 Å². The van der Waals surface area contributed by atoms with Crippen molar-refractivity contribution in [3.05, 3.63) is 63.2 Å². The van der Waals surface area contributed by atoms with Gasteiger partial charge in [-0.1, -0.05) is 0 Å². The molecule has 3 heterocycles. The van der Waals surface area contributed by atoms with Gasteiger partial charge >= 0.3 is 0 Å². The lowest BCUT2D eigenvalue weighted by Gasteiger charge is -2.28. The number of carbonyl (C=O) groups is 1. The van der Waals surface area contributed by atoms with Crippen LogP contribution in [0.15, 0.2) is 35.3 Å². The first kappa shape index (κ1) is 15.4. The van der Waals surface area contributed by atoms with Crippen LogP contribution in [-0.4, -0.2) is 39.1 Å². The molecule has 1 amide bonds. The number of H-pyrrole nitrogens is 1. The van der Waals surface area contributed by atoms with Gasteiger partial charge in [0, 0.05) is 29.9 Å². The fourth-order valence-corrected chi connectivity index (χ4v) is 3.28. The van der Waals surface area contributed by atoms with Gasteiger partial charge in [0.1, 0.15) is 5.75 Å². The number of aryl methyl sites for hydroxylation is 1. The second kappa shape index (κ2) is 5.77. The summed E-state index contributed by atoms with van der Waals surface area (Å²) in [4.78, 5) is 31.6. The molecule has 1 N–H and O–H groups in total. The number of fused-ring (bicyclic) bond motifs is 2. The zero-order valence-corrected chi connectivity index (χ0v) is 14.1. The lowest BCUT2D eigenvalue weighted by Crippen LogP contribution is -2.40. The smallest absolute Gasteiger partial charge is 0.276 e. The molecule has 7 nitrogen and oxygen atoms in total. The summed E-state index contributed by atoms with van der Waals surface area (Å²) in [7, 11) is 1.60. The summed E-state index contributed by atoms with van der Waals surface area (Å²) >= 11 is 0. The van der Waals surface area contributed by atoms with E-state index in [1.54, 1.807) is 36.4 Å². The molecule has 1 aliphatic rings. The molecule has 7 heteroatoms. The van der Waals surface area contributed by atoms with Gasteiger partial charge in [-0.15, -0.1) is 0 Å². The Morgan fingerprint density at radius 3 is 2.92 bits per heavy atom. The Kier molecular flexibility index (Phi) is 3.56. The second-order valence-corrected chi connectivity index (χ2v) is 6.16. The number of ether oxygens (including phenoxy) is 1. The third kappa shape index (κ3) is 2.48. The van der Waals surface area contributed by atoms with Crippen LogP contribution in [0, 0.1) is 6.92 Å². The highest BCUT2D eigenvalue weighted by molar-refractivity contribution is 5.96. The number of amides is 1. The van der Waals surface area contributed by atoms with Crippen LogP contribution in [0.3, 0.4) is 0 Å². The van der Waals surface area contributed by atoms with E-state index >= 15 is 0 Å². The maximum atomic E-state index is 12.9. The molecule has 0 unspecified atom stereocenters. The Morgan fingerprint density at radius 2 is 2.16 bits per heavy atom. The van der Waals surface area contributed by atoms with Gasteiger partial charge in [-0.2, -0.15) is 0 Å². The van der Waals surface area contributed by atoms with Gasteiger partial charge in [-0.25, -0.2) is 9.50 Å². The van der Waals surface area contributed by atoms with E-state index in [0.29, 0.717) is 42.0 Å². The Labute approximate surface area is 143 Å². The molecular formula is C18H18N4O3. The maximum Gasteiger partial charge on any atom is 0.276 e. The lowest BCUT2D eigenvalue weighted by molar-refractivity contribution is 0.0730. The molecule has 25 heavy (non-hydrogen) atoms. The Hall–Kier alpha value is -3.09. The fraction of sp³-hybridized carbons (Fsp3) is 0.278. The highest BCUT2D eigenvalue weighted by Gasteiger charge is 2.26. The van der Waals surface area contributed by atoms with E-state index in [2.05, 4.69) is 10.1 Å². The molecule has 2 aromatic heterocycles. The minimum Gasteiger partial charge on any atom is -0.497 e. The molecule has 0 radical (unpaired) electrons. The quantitative estimate of drug-likeness (QED) is 0.769. The third-order valence-corrected chi connectivity index (χ3v) is 4.65. The largest absolute Gasteiger partial charge is 0.497 e. The number of benzene rings is 1. The molecule has 1 aromatic carbocycles. The SMILES string of the molecule is COc1ccc(C(=O)N2CCc3c(nc4cc[nH]n4c3=O)C2)c(C)c1. The number of aromatic amines is 1. The topological polar surface area (TPSA) is 79.7 Å². The van der Waals surface area contributed by atoms with Crippen molar-refractivity contribution in [3.63, 3.8) is 0 Å². The number of hydrogen-bond acceptors (Lipinski definition) is 4. The van der Waals surface area contributed by atoms with E-state index in [-0.39, 0.29) is 11.5 Å². The number of nitrogens with one attached hydrogen (secondary N) is 1. The number of methoxy groups -OCH3 is 1. The summed E-state index contributed by atoms with van der Waals surface area (Å²) in [6.07, 6.45) is 2.18. The van der Waals surface area contributed by atoms with Crippen molar-refractivity contribution in [2.75, 3.05) is 13.7 Å². The van der Waals surface area contributed by atoms with Crippen LogP contribution in [0.1, 0.15) is 27.2 Å². The molecular weight excluding hydrogens is 320 g/mol. The molecule has 0 fully saturated rings. The van der Waals surface area contributed by atoms with Gasteiger partial charge in [-0.05, 0) is 37.1 Å². The Morgan fingerprint density at radius 1 is 1.32 bits per heavy atom. The first-order valence-electron chi connectivity index (χ1n) is 8.10. The van der Waals surface area contributed by atoms with Crippen LogP contribution >= 0.6 is 0 Å². The molecule has 0 spiro atoms. The molecule has 128 valence electrons. The van der Waals surface area contributed by atoms with Gasteiger partial charge in [0.15, 0.2) is 5.65 Å². The minimum atomic E-state index is -0.0854. The van der Waals surface area contributed by atoms with Crippen molar-refractivity contribution >= 4 is 11.6 Å². The molecule has 0 aliphatic carbocycles. The fourth-order valence-electron chi connectivity index (χ4n) is 3.28. The van der Waals surface area contributed by atoms with Crippen molar-refractivity contribution in [1.82, 2.24) is 19.5 Å². The van der Waals surface area contributed by atoms with Crippen molar-refractivity contribution in [2.45, 2.75) is 19.9 Å². The average Bonchev–Trinajstić information content (AvgIpc) is 3.09. The van der Waals surface area contributed by atoms with Crippen molar-refractivity contribution in [2.24, 2.45) is 0 Å². The predicted molar refractivity (Wildman–Crippen MR) is 92.0 cm³/mol. The number of rotatable bonds is 2. The van der Waals surface area contributed by atoms with Crippen LogP contribution in [0.2, 0.25) is 0 Å². The summed E-state index contributed by atoms with van der Waals surface area (Å²) in [5.74, 6) is 0.671. The molecule has 1 aliphatic heterocycles. The van der Waals surface area contributed by atoms with E-state index < -0.39 is 0 Å². The highest BCUT2D eigenvalue weighted by Crippen LogP contribution is 2.21. The standard InChI is InChI=1S/C18H18N4O3/c1-11-9-12(25-2)3-4-13(11)17(23)21-8-6-14-15(10-21)20-16-5-7-19-22(16)18(14)24/h3-5,7,9,19H,6,8,10H2,1-2H3. The molecule has 0 saturated carbocycles. The number of carbonyl (C=O) groups excluding carboxylic acids is 1. The van der Waals surface area contributed by atoms with Crippen LogP contribution < -0.4 is 10.3 Å². The highest BCUT2D eigenvalue weighted by atomic mass is 16.5. The summed E-state index contributed by atoms with van der Waals surface area (Å²) < 4.78 is 6.63. The first-order chi connectivity index (χ1) is 12.1. The lowest BCUT2D eigenvalue weighted by atomic mass is 10.0. The minimum absolute atomic E-state index is 0.0538. The van der Waals surface area contributed by atoms with Crippen LogP contribution in [0.4, 0.5) is 0 Å². The molecule has 3 aromatic rings. The maximum absolute atomic E-state index is 12.9. The van der Waals surface area contributed by atoms with Gasteiger partial charge in [0.2, 0.25) is 0 Å². The zero-order chi connectivity index (χ0) is 17.6. The summed E-state index contributed by atoms with van der Waals surface area (Å²) in [5, 5.41) is 2.87. The third-order valence-electron chi connectivity index (χ3n) is 4.65. The first-order valence-corrected chi connectivity index (χ1v) is 8.10. The summed E-state index contributed by atoms with van der Waals surface area (Å²) in [5.41, 5.74) is 3.34. The predicted octanol–water partition coefficient (Wildman–Crippen LogP) is 1.54. The summed E-state index contributed by atoms with van der Waals surface area (Å²) in [6, 6.07) is 7.16. The molecule has 0 saturated heterocycles. The van der Waals surface area contributed by atoms with Gasteiger partial charge < -0.3 is 9.64 Å². The Bertz CT molecular complexity index is 1030. The average molecular weight is 338 g/mol. The van der Waals surface area contributed by atoms with Crippen molar-refractivity contribution in [1.29, 1.82) is 0 Å². The second-order valence-electron chi connectivity index (χ2n) is 6.16. The monoisotopic (exact) mass is 338 g/mol. The van der Waals surface area contributed by atoms with Crippen LogP contribution in [0.5, 0.6) is 5.75 Å². The van der Waals surface area contributed by atoms with E-state index in [1.807, 2.05) is 13.0 Å². The molecule has 4 rings (SSSR count). The number of nitrogens with zero attached hydrogens (tertiary/aromatic N) is 3. The molecule has 0 atom stereocenters. The summed E-state index contributed by atoms with van der Waals surface area (Å²) in [6.45, 7) is 2.74. The van der Waals surface area contributed by atoms with Crippen molar-refractivity contribution < 1.29 is 9.53 Å². The van der Waals surface area contributed by atoms with E-state index in [9.17, 15) is 9.59 Å². The number of aromatic nitrogens is 3. The van der Waals surface area contributed by atoms with Crippen LogP contribution in [-0.2, 0) is 13.0 Å². The number of hydrogen-bond donors (Lipinski definition) is 1.